The van der Waals surface area contributed by atoms with Crippen LogP contribution in [0.2, 0.25) is 5.02 Å². The fourth-order valence-electron chi connectivity index (χ4n) is 2.73. The van der Waals surface area contributed by atoms with E-state index in [1.165, 1.54) is 54.7 Å². The van der Waals surface area contributed by atoms with E-state index in [9.17, 15) is 18.0 Å². The van der Waals surface area contributed by atoms with Crippen LogP contribution in [-0.4, -0.2) is 38.2 Å². The molecule has 0 spiro atoms. The zero-order valence-corrected chi connectivity index (χ0v) is 18.1. The molecule has 0 aromatic heterocycles. The summed E-state index contributed by atoms with van der Waals surface area (Å²) in [5, 5.41) is 12.9. The molecule has 0 aliphatic rings. The lowest BCUT2D eigenvalue weighted by Crippen LogP contribution is -2.39. The molecule has 0 unspecified atom stereocenters. The summed E-state index contributed by atoms with van der Waals surface area (Å²) in [6.45, 7) is -0.559. The van der Waals surface area contributed by atoms with Crippen LogP contribution in [0.5, 0.6) is 0 Å². The number of carbonyl (C=O) groups is 2. The van der Waals surface area contributed by atoms with Crippen LogP contribution in [0.4, 0.5) is 5.69 Å². The number of carbonyl (C=O) groups excluding carboxylic acids is 1. The molecule has 0 saturated heterocycles. The van der Waals surface area contributed by atoms with Gasteiger partial charge in [0.25, 0.3) is 15.9 Å². The highest BCUT2D eigenvalue weighted by molar-refractivity contribution is 7.92. The van der Waals surface area contributed by atoms with Crippen molar-refractivity contribution in [1.29, 1.82) is 0 Å². The fourth-order valence-corrected chi connectivity index (χ4v) is 4.48. The highest BCUT2D eigenvalue weighted by Gasteiger charge is 2.28. The number of amides is 1. The lowest BCUT2D eigenvalue weighted by molar-refractivity contribution is -0.119. The average Bonchev–Trinajstić information content (AvgIpc) is 2.79. The normalized spacial score (nSPS) is 11.3. The van der Waals surface area contributed by atoms with Crippen LogP contribution in [0.3, 0.4) is 0 Å². The zero-order valence-electron chi connectivity index (χ0n) is 16.6. The van der Waals surface area contributed by atoms with Crippen LogP contribution in [0, 0.1) is 0 Å². The smallest absolute Gasteiger partial charge is 0.335 e. The minimum absolute atomic E-state index is 0.00902. The van der Waals surface area contributed by atoms with Crippen LogP contribution >= 0.6 is 11.6 Å². The third-order valence-corrected chi connectivity index (χ3v) is 6.39. The van der Waals surface area contributed by atoms with Crippen LogP contribution in [0.1, 0.15) is 15.9 Å². The number of anilines is 1. The largest absolute Gasteiger partial charge is 0.478 e. The fraction of sp³-hybridized carbons (Fsp3) is 0.0455. The van der Waals surface area contributed by atoms with Crippen molar-refractivity contribution in [3.05, 3.63) is 95.0 Å². The Bertz CT molecular complexity index is 1250. The quantitative estimate of drug-likeness (QED) is 0.386. The number of nitrogens with one attached hydrogen (secondary N) is 1. The number of para-hydroxylation sites is 1. The second-order valence-corrected chi connectivity index (χ2v) is 8.77. The third-order valence-electron chi connectivity index (χ3n) is 4.30. The molecule has 8 nitrogen and oxygen atoms in total. The number of aromatic carboxylic acids is 1. The second kappa shape index (κ2) is 10.1. The summed E-state index contributed by atoms with van der Waals surface area (Å²) in [4.78, 5) is 23.4. The van der Waals surface area contributed by atoms with Gasteiger partial charge in [-0.25, -0.2) is 18.6 Å². The molecule has 0 atom stereocenters. The molecule has 0 saturated carbocycles. The van der Waals surface area contributed by atoms with Crippen molar-refractivity contribution in [2.24, 2.45) is 5.10 Å². The Kier molecular flexibility index (Phi) is 7.24. The SMILES string of the molecule is O=C(CN(c1ccccc1Cl)S(=O)(=O)c1ccccc1)N/N=C\c1ccc(C(=O)O)cc1. The van der Waals surface area contributed by atoms with Gasteiger partial charge < -0.3 is 5.11 Å². The number of carboxylic acids is 1. The topological polar surface area (TPSA) is 116 Å². The van der Waals surface area contributed by atoms with E-state index in [4.69, 9.17) is 16.7 Å². The van der Waals surface area contributed by atoms with Crippen LogP contribution in [0.25, 0.3) is 0 Å². The van der Waals surface area contributed by atoms with E-state index in [1.807, 2.05) is 0 Å². The minimum atomic E-state index is -4.08. The average molecular weight is 472 g/mol. The van der Waals surface area contributed by atoms with E-state index in [-0.39, 0.29) is 21.2 Å². The Labute approximate surface area is 189 Å². The first-order valence-corrected chi connectivity index (χ1v) is 11.1. The lowest BCUT2D eigenvalue weighted by Gasteiger charge is -2.24. The third kappa shape index (κ3) is 5.51. The standard InChI is InChI=1S/C22H18ClN3O5S/c23-19-8-4-5-9-20(19)26(32(30,31)18-6-2-1-3-7-18)15-21(27)25-24-14-16-10-12-17(13-11-16)22(28)29/h1-14H,15H2,(H,25,27)(H,28,29)/b24-14-. The number of benzene rings is 3. The molecule has 164 valence electrons. The summed E-state index contributed by atoms with van der Waals surface area (Å²) in [5.41, 5.74) is 3.10. The van der Waals surface area contributed by atoms with Crippen molar-refractivity contribution < 1.29 is 23.1 Å². The van der Waals surface area contributed by atoms with Gasteiger partial charge in [0.15, 0.2) is 0 Å². The second-order valence-electron chi connectivity index (χ2n) is 6.50. The van der Waals surface area contributed by atoms with Gasteiger partial charge >= 0.3 is 5.97 Å². The zero-order chi connectivity index (χ0) is 23.1. The van der Waals surface area contributed by atoms with E-state index in [2.05, 4.69) is 10.5 Å². The molecule has 0 aliphatic carbocycles. The van der Waals surface area contributed by atoms with Crippen LogP contribution in [-0.2, 0) is 14.8 Å². The first-order chi connectivity index (χ1) is 15.3. The maximum absolute atomic E-state index is 13.2. The molecule has 3 aromatic rings. The van der Waals surface area contributed by atoms with Gasteiger partial charge in [-0.2, -0.15) is 5.10 Å². The molecule has 2 N–H and O–H groups in total. The molecule has 3 aromatic carbocycles. The summed E-state index contributed by atoms with van der Waals surface area (Å²) in [6.07, 6.45) is 1.31. The molecule has 0 aliphatic heterocycles. The molecule has 1 amide bonds. The molecule has 3 rings (SSSR count). The molecule has 10 heteroatoms. The molecule has 0 bridgehead atoms. The Morgan fingerprint density at radius 3 is 2.22 bits per heavy atom. The Hall–Kier alpha value is -3.69. The van der Waals surface area contributed by atoms with Crippen molar-refractivity contribution in [2.75, 3.05) is 10.8 Å². The number of halogens is 1. The summed E-state index contributed by atoms with van der Waals surface area (Å²) in [7, 11) is -4.08. The Morgan fingerprint density at radius 1 is 0.969 bits per heavy atom. The van der Waals surface area contributed by atoms with E-state index in [0.717, 1.165) is 4.31 Å². The summed E-state index contributed by atoms with van der Waals surface area (Å²) in [6, 6.07) is 19.8. The first-order valence-electron chi connectivity index (χ1n) is 9.26. The van der Waals surface area contributed by atoms with E-state index >= 15 is 0 Å². The van der Waals surface area contributed by atoms with Crippen LogP contribution in [0.15, 0.2) is 88.9 Å². The molecule has 0 radical (unpaired) electrons. The number of nitrogens with zero attached hydrogens (tertiary/aromatic N) is 2. The van der Waals surface area contributed by atoms with Gasteiger partial charge in [0.2, 0.25) is 0 Å². The van der Waals surface area contributed by atoms with Gasteiger partial charge in [-0.15, -0.1) is 0 Å². The van der Waals surface area contributed by atoms with Crippen molar-refractivity contribution in [3.8, 4) is 0 Å². The summed E-state index contributed by atoms with van der Waals surface area (Å²) >= 11 is 6.21. The summed E-state index contributed by atoms with van der Waals surface area (Å²) < 4.78 is 27.3. The molecule has 0 heterocycles. The van der Waals surface area contributed by atoms with Crippen molar-refractivity contribution >= 4 is 45.4 Å². The van der Waals surface area contributed by atoms with Gasteiger partial charge in [0, 0.05) is 0 Å². The predicted octanol–water partition coefficient (Wildman–Crippen LogP) is 3.38. The van der Waals surface area contributed by atoms with Crippen molar-refractivity contribution in [1.82, 2.24) is 5.43 Å². The number of rotatable bonds is 8. The van der Waals surface area contributed by atoms with Gasteiger partial charge in [-0.3, -0.25) is 9.10 Å². The predicted molar refractivity (Wildman–Crippen MR) is 122 cm³/mol. The number of carboxylic acid groups (broad SMARTS) is 1. The molecule has 0 fully saturated rings. The van der Waals surface area contributed by atoms with E-state index in [0.29, 0.717) is 5.56 Å². The maximum Gasteiger partial charge on any atom is 0.335 e. The lowest BCUT2D eigenvalue weighted by atomic mass is 10.1. The highest BCUT2D eigenvalue weighted by Crippen LogP contribution is 2.30. The Balaban J connectivity index is 1.80. The number of hydrogen-bond donors (Lipinski definition) is 2. The van der Waals surface area contributed by atoms with Gasteiger partial charge in [-0.05, 0) is 42.0 Å². The molecular weight excluding hydrogens is 454 g/mol. The monoisotopic (exact) mass is 471 g/mol. The number of hydrazone groups is 1. The van der Waals surface area contributed by atoms with Gasteiger partial charge in [0.05, 0.1) is 27.4 Å². The van der Waals surface area contributed by atoms with E-state index in [1.54, 1.807) is 30.3 Å². The first kappa shape index (κ1) is 23.0. The van der Waals surface area contributed by atoms with Crippen molar-refractivity contribution in [2.45, 2.75) is 4.90 Å². The molecule has 32 heavy (non-hydrogen) atoms. The number of hydrogen-bond acceptors (Lipinski definition) is 5. The Morgan fingerprint density at radius 2 is 1.59 bits per heavy atom. The van der Waals surface area contributed by atoms with Crippen LogP contribution < -0.4 is 9.73 Å². The number of sulfonamides is 1. The highest BCUT2D eigenvalue weighted by atomic mass is 35.5. The van der Waals surface area contributed by atoms with Gasteiger partial charge in [-0.1, -0.05) is 54.1 Å². The molecular formula is C22H18ClN3O5S. The minimum Gasteiger partial charge on any atom is -0.478 e. The van der Waals surface area contributed by atoms with Gasteiger partial charge in [0.1, 0.15) is 6.54 Å². The maximum atomic E-state index is 13.2. The summed E-state index contributed by atoms with van der Waals surface area (Å²) in [5.74, 6) is -1.75. The van der Waals surface area contributed by atoms with E-state index < -0.39 is 28.4 Å². The van der Waals surface area contributed by atoms with Crippen molar-refractivity contribution in [3.63, 3.8) is 0 Å².